The van der Waals surface area contributed by atoms with Crippen LogP contribution >= 0.6 is 0 Å². The molecule has 30 heavy (non-hydrogen) atoms. The molecule has 2 nitrogen and oxygen atoms in total. The number of rotatable bonds is 6. The number of carbonyl (C=O) groups excluding carboxylic acids is 2. The number of benzene rings is 4. The molecule has 0 saturated heterocycles. The van der Waals surface area contributed by atoms with E-state index in [1.54, 1.807) is 24.3 Å². The molecule has 4 aromatic carbocycles. The quantitative estimate of drug-likeness (QED) is 0.219. The second-order valence-electron chi connectivity index (χ2n) is 6.87. The van der Waals surface area contributed by atoms with Gasteiger partial charge >= 0.3 is 0 Å². The first-order valence-electron chi connectivity index (χ1n) is 9.80. The van der Waals surface area contributed by atoms with E-state index in [4.69, 9.17) is 0 Å². The van der Waals surface area contributed by atoms with Gasteiger partial charge in [-0.05, 0) is 11.1 Å². The van der Waals surface area contributed by atoms with Gasteiger partial charge in [0.2, 0.25) is 0 Å². The SMILES string of the molecule is O=C(/C(=C(/C(=O)c1ccccc1)c1ccccc1)c1ccccc1)c1ccccc1. The molecule has 0 heterocycles. The molecule has 0 N–H and O–H groups in total. The highest BCUT2D eigenvalue weighted by Gasteiger charge is 2.25. The Morgan fingerprint density at radius 1 is 0.333 bits per heavy atom. The molecule has 144 valence electrons. The van der Waals surface area contributed by atoms with Crippen molar-refractivity contribution in [3.05, 3.63) is 144 Å². The third kappa shape index (κ3) is 4.03. The molecule has 0 saturated carbocycles. The largest absolute Gasteiger partial charge is 0.289 e. The predicted molar refractivity (Wildman–Crippen MR) is 121 cm³/mol. The minimum Gasteiger partial charge on any atom is -0.289 e. The number of allylic oxidation sites excluding steroid dienone is 2. The molecule has 0 aliphatic heterocycles. The highest BCUT2D eigenvalue weighted by atomic mass is 16.1. The second kappa shape index (κ2) is 8.97. The predicted octanol–water partition coefficient (Wildman–Crippen LogP) is 6.36. The summed E-state index contributed by atoms with van der Waals surface area (Å²) in [6, 6.07) is 37.0. The lowest BCUT2D eigenvalue weighted by Crippen LogP contribution is -2.12. The third-order valence-corrected chi connectivity index (χ3v) is 4.90. The molecule has 0 radical (unpaired) electrons. The standard InChI is InChI=1S/C28H20O2/c29-27(23-17-9-3-10-18-23)25(21-13-5-1-6-14-21)26(22-15-7-2-8-16-22)28(30)24-19-11-4-12-20-24/h1-20H/b26-25+. The Kier molecular flexibility index (Phi) is 5.77. The van der Waals surface area contributed by atoms with Crippen molar-refractivity contribution in [1.29, 1.82) is 0 Å². The van der Waals surface area contributed by atoms with Crippen LogP contribution in [0.3, 0.4) is 0 Å². The molecule has 0 aliphatic carbocycles. The molecular weight excluding hydrogens is 368 g/mol. The van der Waals surface area contributed by atoms with Gasteiger partial charge < -0.3 is 0 Å². The summed E-state index contributed by atoms with van der Waals surface area (Å²) in [5.41, 5.74) is 3.34. The molecule has 2 heteroatoms. The molecule has 0 aliphatic rings. The Morgan fingerprint density at radius 2 is 0.567 bits per heavy atom. The van der Waals surface area contributed by atoms with E-state index >= 15 is 0 Å². The monoisotopic (exact) mass is 388 g/mol. The molecule has 0 bridgehead atoms. The van der Waals surface area contributed by atoms with Crippen LogP contribution in [0.25, 0.3) is 11.1 Å². The maximum Gasteiger partial charge on any atom is 0.194 e. The summed E-state index contributed by atoms with van der Waals surface area (Å²) < 4.78 is 0. The summed E-state index contributed by atoms with van der Waals surface area (Å²) >= 11 is 0. The normalized spacial score (nSPS) is 11.5. The topological polar surface area (TPSA) is 34.1 Å². The molecular formula is C28H20O2. The van der Waals surface area contributed by atoms with Crippen molar-refractivity contribution < 1.29 is 9.59 Å². The van der Waals surface area contributed by atoms with Crippen LogP contribution in [0.15, 0.2) is 121 Å². The fourth-order valence-corrected chi connectivity index (χ4v) is 3.46. The highest BCUT2D eigenvalue weighted by molar-refractivity contribution is 6.46. The van der Waals surface area contributed by atoms with Crippen LogP contribution in [0.5, 0.6) is 0 Å². The van der Waals surface area contributed by atoms with E-state index in [0.717, 1.165) is 11.1 Å². The summed E-state index contributed by atoms with van der Waals surface area (Å²) in [5.74, 6) is -0.352. The van der Waals surface area contributed by atoms with Gasteiger partial charge in [0.1, 0.15) is 0 Å². The van der Waals surface area contributed by atoms with Gasteiger partial charge in [-0.2, -0.15) is 0 Å². The zero-order valence-electron chi connectivity index (χ0n) is 16.4. The molecule has 4 rings (SSSR count). The average Bonchev–Trinajstić information content (AvgIpc) is 2.84. The van der Waals surface area contributed by atoms with E-state index in [2.05, 4.69) is 0 Å². The van der Waals surface area contributed by atoms with Gasteiger partial charge in [0, 0.05) is 22.3 Å². The molecule has 0 fully saturated rings. The first kappa shape index (κ1) is 19.3. The van der Waals surface area contributed by atoms with Crippen molar-refractivity contribution in [2.24, 2.45) is 0 Å². The van der Waals surface area contributed by atoms with E-state index in [1.807, 2.05) is 97.1 Å². The summed E-state index contributed by atoms with van der Waals surface area (Å²) in [4.78, 5) is 27.4. The Balaban J connectivity index is 2.03. The van der Waals surface area contributed by atoms with E-state index in [-0.39, 0.29) is 11.6 Å². The molecule has 0 unspecified atom stereocenters. The van der Waals surface area contributed by atoms with E-state index in [9.17, 15) is 9.59 Å². The summed E-state index contributed by atoms with van der Waals surface area (Å²) in [7, 11) is 0. The van der Waals surface area contributed by atoms with E-state index < -0.39 is 0 Å². The zero-order chi connectivity index (χ0) is 20.8. The highest BCUT2D eigenvalue weighted by Crippen LogP contribution is 2.32. The molecule has 0 amide bonds. The average molecular weight is 388 g/mol. The van der Waals surface area contributed by atoms with Crippen molar-refractivity contribution in [2.75, 3.05) is 0 Å². The van der Waals surface area contributed by atoms with Crippen molar-refractivity contribution >= 4 is 22.7 Å². The number of Topliss-reactive ketones (excluding diaryl/α,β-unsaturated/α-hetero) is 2. The number of hydrogen-bond acceptors (Lipinski definition) is 2. The maximum absolute atomic E-state index is 13.7. The van der Waals surface area contributed by atoms with E-state index in [0.29, 0.717) is 22.3 Å². The van der Waals surface area contributed by atoms with Crippen LogP contribution in [-0.2, 0) is 0 Å². The van der Waals surface area contributed by atoms with Crippen molar-refractivity contribution in [2.45, 2.75) is 0 Å². The van der Waals surface area contributed by atoms with Gasteiger partial charge in [-0.25, -0.2) is 0 Å². The molecule has 0 spiro atoms. The van der Waals surface area contributed by atoms with Gasteiger partial charge in [-0.15, -0.1) is 0 Å². The Hall–Kier alpha value is -4.04. The lowest BCUT2D eigenvalue weighted by molar-refractivity contribution is 0.103. The van der Waals surface area contributed by atoms with Crippen molar-refractivity contribution in [3.63, 3.8) is 0 Å². The second-order valence-corrected chi connectivity index (χ2v) is 6.87. The summed E-state index contributed by atoms with van der Waals surface area (Å²) in [6.07, 6.45) is 0. The van der Waals surface area contributed by atoms with E-state index in [1.165, 1.54) is 0 Å². The third-order valence-electron chi connectivity index (χ3n) is 4.90. The van der Waals surface area contributed by atoms with Crippen LogP contribution in [0.2, 0.25) is 0 Å². The first-order chi connectivity index (χ1) is 14.8. The molecule has 0 atom stereocenters. The lowest BCUT2D eigenvalue weighted by atomic mass is 9.85. The fourth-order valence-electron chi connectivity index (χ4n) is 3.46. The summed E-state index contributed by atoms with van der Waals surface area (Å²) in [5, 5.41) is 0. The molecule has 0 aromatic heterocycles. The van der Waals surface area contributed by atoms with Crippen LogP contribution < -0.4 is 0 Å². The van der Waals surface area contributed by atoms with Gasteiger partial charge in [0.25, 0.3) is 0 Å². The minimum atomic E-state index is -0.176. The number of carbonyl (C=O) groups is 2. The van der Waals surface area contributed by atoms with Crippen LogP contribution in [0, 0.1) is 0 Å². The minimum absolute atomic E-state index is 0.176. The number of ketones is 2. The lowest BCUT2D eigenvalue weighted by Gasteiger charge is -2.15. The maximum atomic E-state index is 13.7. The number of hydrogen-bond donors (Lipinski definition) is 0. The van der Waals surface area contributed by atoms with Crippen LogP contribution in [0.1, 0.15) is 31.8 Å². The molecule has 4 aromatic rings. The van der Waals surface area contributed by atoms with Crippen molar-refractivity contribution in [3.8, 4) is 0 Å². The fraction of sp³-hybridized carbons (Fsp3) is 0. The smallest absolute Gasteiger partial charge is 0.194 e. The summed E-state index contributed by atoms with van der Waals surface area (Å²) in [6.45, 7) is 0. The van der Waals surface area contributed by atoms with Gasteiger partial charge in [-0.1, -0.05) is 121 Å². The Bertz CT molecular complexity index is 1080. The van der Waals surface area contributed by atoms with Crippen LogP contribution in [0.4, 0.5) is 0 Å². The Labute approximate surface area is 176 Å². The first-order valence-corrected chi connectivity index (χ1v) is 9.80. The van der Waals surface area contributed by atoms with Gasteiger partial charge in [0.15, 0.2) is 11.6 Å². The van der Waals surface area contributed by atoms with Gasteiger partial charge in [0.05, 0.1) is 0 Å². The van der Waals surface area contributed by atoms with Crippen LogP contribution in [-0.4, -0.2) is 11.6 Å². The van der Waals surface area contributed by atoms with Crippen molar-refractivity contribution in [1.82, 2.24) is 0 Å². The zero-order valence-corrected chi connectivity index (χ0v) is 16.4. The Morgan fingerprint density at radius 3 is 0.833 bits per heavy atom. The van der Waals surface area contributed by atoms with Gasteiger partial charge in [-0.3, -0.25) is 9.59 Å².